The summed E-state index contributed by atoms with van der Waals surface area (Å²) < 4.78 is 34.6. The van der Waals surface area contributed by atoms with Gasteiger partial charge in [0.05, 0.1) is 7.11 Å². The number of nitrogens with one attached hydrogen (secondary N) is 3. The van der Waals surface area contributed by atoms with Crippen molar-refractivity contribution in [2.24, 2.45) is 5.92 Å². The molecule has 0 spiro atoms. The number of halogens is 2. The van der Waals surface area contributed by atoms with Gasteiger partial charge in [-0.15, -0.1) is 0 Å². The molecule has 0 aliphatic carbocycles. The molecule has 1 unspecified atom stereocenters. The van der Waals surface area contributed by atoms with Crippen molar-refractivity contribution in [1.82, 2.24) is 16.0 Å². The van der Waals surface area contributed by atoms with Crippen molar-refractivity contribution in [2.75, 3.05) is 13.7 Å². The van der Waals surface area contributed by atoms with E-state index in [9.17, 15) is 18.4 Å². The fraction of sp³-hybridized carbons (Fsp3) is 0.391. The predicted molar refractivity (Wildman–Crippen MR) is 117 cm³/mol. The number of hydrogen-bond donors (Lipinski definition) is 3. The zero-order chi connectivity index (χ0) is 23.5. The van der Waals surface area contributed by atoms with Crippen molar-refractivity contribution >= 4 is 11.9 Å². The summed E-state index contributed by atoms with van der Waals surface area (Å²) >= 11 is 0. The van der Waals surface area contributed by atoms with E-state index in [4.69, 9.17) is 4.74 Å². The maximum atomic E-state index is 12.6. The van der Waals surface area contributed by atoms with Crippen molar-refractivity contribution < 1.29 is 27.8 Å². The van der Waals surface area contributed by atoms with E-state index >= 15 is 0 Å². The molecule has 9 heteroatoms. The van der Waals surface area contributed by atoms with E-state index in [1.54, 1.807) is 6.07 Å². The molecule has 174 valence electrons. The van der Waals surface area contributed by atoms with E-state index in [0.717, 1.165) is 5.56 Å². The molecule has 3 amide bonds. The minimum absolute atomic E-state index is 0.0665. The third-order valence-electron chi connectivity index (χ3n) is 4.69. The third-order valence-corrected chi connectivity index (χ3v) is 4.69. The van der Waals surface area contributed by atoms with Crippen LogP contribution in [-0.2, 0) is 17.8 Å². The highest BCUT2D eigenvalue weighted by Gasteiger charge is 2.23. The van der Waals surface area contributed by atoms with Gasteiger partial charge in [-0.05, 0) is 35.6 Å². The molecule has 0 saturated heterocycles. The van der Waals surface area contributed by atoms with Gasteiger partial charge in [-0.3, -0.25) is 4.79 Å². The van der Waals surface area contributed by atoms with Gasteiger partial charge >= 0.3 is 12.6 Å². The lowest BCUT2D eigenvalue weighted by molar-refractivity contribution is -0.123. The molecule has 0 fully saturated rings. The van der Waals surface area contributed by atoms with Crippen molar-refractivity contribution in [3.63, 3.8) is 0 Å². The Hall–Kier alpha value is -3.36. The van der Waals surface area contributed by atoms with Gasteiger partial charge in [0.25, 0.3) is 0 Å². The van der Waals surface area contributed by atoms with Crippen molar-refractivity contribution in [1.29, 1.82) is 0 Å². The number of rotatable bonds is 11. The minimum Gasteiger partial charge on any atom is -0.493 e. The summed E-state index contributed by atoms with van der Waals surface area (Å²) in [7, 11) is 1.36. The summed E-state index contributed by atoms with van der Waals surface area (Å²) in [4.78, 5) is 24.8. The van der Waals surface area contributed by atoms with Gasteiger partial charge in [0.2, 0.25) is 5.91 Å². The Kier molecular flexibility index (Phi) is 9.72. The molecule has 0 radical (unpaired) electrons. The van der Waals surface area contributed by atoms with E-state index in [0.29, 0.717) is 18.5 Å². The van der Waals surface area contributed by atoms with Gasteiger partial charge in [0.1, 0.15) is 6.04 Å². The molecule has 2 rings (SSSR count). The summed E-state index contributed by atoms with van der Waals surface area (Å²) in [6, 6.07) is 13.0. The Bertz CT molecular complexity index is 879. The molecule has 0 aliphatic rings. The summed E-state index contributed by atoms with van der Waals surface area (Å²) in [5.41, 5.74) is 1.64. The Morgan fingerprint density at radius 1 is 0.969 bits per heavy atom. The highest BCUT2D eigenvalue weighted by Crippen LogP contribution is 2.29. The average Bonchev–Trinajstić information content (AvgIpc) is 2.76. The van der Waals surface area contributed by atoms with E-state index in [2.05, 4.69) is 20.7 Å². The van der Waals surface area contributed by atoms with Crippen molar-refractivity contribution in [3.8, 4) is 11.5 Å². The SMILES string of the molecule is COc1ccc(CCNC(=O)C(NC(=O)NCc2ccccc2)C(C)C)cc1OC(F)F. The maximum absolute atomic E-state index is 12.6. The molecule has 1 atom stereocenters. The molecule has 2 aromatic carbocycles. The first-order valence-electron chi connectivity index (χ1n) is 10.3. The number of carbonyl (C=O) groups excluding carboxylic acids is 2. The van der Waals surface area contributed by atoms with Crippen LogP contribution >= 0.6 is 0 Å². The van der Waals surface area contributed by atoms with Crippen LogP contribution in [0.3, 0.4) is 0 Å². The lowest BCUT2D eigenvalue weighted by Gasteiger charge is -2.22. The van der Waals surface area contributed by atoms with Crippen molar-refractivity contribution in [2.45, 2.75) is 39.5 Å². The van der Waals surface area contributed by atoms with Crippen LogP contribution in [0.15, 0.2) is 48.5 Å². The molecular formula is C23H29F2N3O4. The average molecular weight is 449 g/mol. The molecule has 32 heavy (non-hydrogen) atoms. The number of ether oxygens (including phenoxy) is 2. The molecular weight excluding hydrogens is 420 g/mol. The molecule has 3 N–H and O–H groups in total. The first-order valence-corrected chi connectivity index (χ1v) is 10.3. The normalized spacial score (nSPS) is 11.7. The van der Waals surface area contributed by atoms with E-state index in [-0.39, 0.29) is 29.9 Å². The van der Waals surface area contributed by atoms with Crippen LogP contribution in [0.25, 0.3) is 0 Å². The number of hydrogen-bond acceptors (Lipinski definition) is 4. The Morgan fingerprint density at radius 3 is 2.31 bits per heavy atom. The number of carbonyl (C=O) groups is 2. The maximum Gasteiger partial charge on any atom is 0.387 e. The zero-order valence-electron chi connectivity index (χ0n) is 18.4. The topological polar surface area (TPSA) is 88.7 Å². The highest BCUT2D eigenvalue weighted by molar-refractivity contribution is 5.87. The van der Waals surface area contributed by atoms with E-state index in [1.165, 1.54) is 19.2 Å². The Balaban J connectivity index is 1.86. The van der Waals surface area contributed by atoms with Crippen LogP contribution in [-0.4, -0.2) is 38.2 Å². The van der Waals surface area contributed by atoms with Crippen molar-refractivity contribution in [3.05, 3.63) is 59.7 Å². The molecule has 0 saturated carbocycles. The second kappa shape index (κ2) is 12.5. The molecule has 0 bridgehead atoms. The number of urea groups is 1. The summed E-state index contributed by atoms with van der Waals surface area (Å²) in [6.07, 6.45) is 0.389. The summed E-state index contributed by atoms with van der Waals surface area (Å²) in [5, 5.41) is 8.21. The number of benzene rings is 2. The molecule has 0 aliphatic heterocycles. The second-order valence-electron chi connectivity index (χ2n) is 7.44. The lowest BCUT2D eigenvalue weighted by atomic mass is 10.0. The molecule has 0 aromatic heterocycles. The standard InChI is InChI=1S/C23H29F2N3O4/c1-15(2)20(28-23(30)27-14-17-7-5-4-6-8-17)21(29)26-12-11-16-9-10-18(31-3)19(13-16)32-22(24)25/h4-10,13,15,20,22H,11-12,14H2,1-3H3,(H,26,29)(H2,27,28,30). The van der Waals surface area contributed by atoms with E-state index in [1.807, 2.05) is 44.2 Å². The predicted octanol–water partition coefficient (Wildman–Crippen LogP) is 3.48. The first kappa shape index (κ1) is 24.9. The molecule has 7 nitrogen and oxygen atoms in total. The third kappa shape index (κ3) is 8.05. The van der Waals surface area contributed by atoms with Crippen LogP contribution in [0.1, 0.15) is 25.0 Å². The highest BCUT2D eigenvalue weighted by atomic mass is 19.3. The largest absolute Gasteiger partial charge is 0.493 e. The van der Waals surface area contributed by atoms with Gasteiger partial charge in [-0.25, -0.2) is 4.79 Å². The van der Waals surface area contributed by atoms with Gasteiger partial charge in [0, 0.05) is 13.1 Å². The second-order valence-corrected chi connectivity index (χ2v) is 7.44. The number of amides is 3. The van der Waals surface area contributed by atoms with Crippen LogP contribution < -0.4 is 25.4 Å². The van der Waals surface area contributed by atoms with Gasteiger partial charge in [0.15, 0.2) is 11.5 Å². The fourth-order valence-corrected chi connectivity index (χ4v) is 3.01. The van der Waals surface area contributed by atoms with Gasteiger partial charge in [-0.2, -0.15) is 8.78 Å². The Morgan fingerprint density at radius 2 is 1.69 bits per heavy atom. The van der Waals surface area contributed by atoms with Gasteiger partial charge < -0.3 is 25.4 Å². The first-order chi connectivity index (χ1) is 15.3. The van der Waals surface area contributed by atoms with E-state index < -0.39 is 18.7 Å². The monoisotopic (exact) mass is 449 g/mol. The fourth-order valence-electron chi connectivity index (χ4n) is 3.01. The van der Waals surface area contributed by atoms with Crippen LogP contribution in [0.2, 0.25) is 0 Å². The summed E-state index contributed by atoms with van der Waals surface area (Å²) in [6.45, 7) is 1.30. The molecule has 2 aromatic rings. The zero-order valence-corrected chi connectivity index (χ0v) is 18.4. The van der Waals surface area contributed by atoms with Crippen LogP contribution in [0.5, 0.6) is 11.5 Å². The quantitative estimate of drug-likeness (QED) is 0.490. The molecule has 0 heterocycles. The Labute approximate surface area is 186 Å². The van der Waals surface area contributed by atoms with Crippen LogP contribution in [0, 0.1) is 5.92 Å². The summed E-state index contributed by atoms with van der Waals surface area (Å²) in [5.74, 6) is -0.330. The minimum atomic E-state index is -2.97. The smallest absolute Gasteiger partial charge is 0.387 e. The van der Waals surface area contributed by atoms with Crippen LogP contribution in [0.4, 0.5) is 13.6 Å². The van der Waals surface area contributed by atoms with Gasteiger partial charge in [-0.1, -0.05) is 50.2 Å². The number of alkyl halides is 2. The lowest BCUT2D eigenvalue weighted by Crippen LogP contribution is -2.52. The number of methoxy groups -OCH3 is 1.